The maximum Gasteiger partial charge on any atom is 0.196 e. The highest BCUT2D eigenvalue weighted by molar-refractivity contribution is 7.09. The number of thiazole rings is 1. The molecule has 0 spiro atoms. The van der Waals surface area contributed by atoms with Gasteiger partial charge in [-0.15, -0.1) is 11.3 Å². The molecule has 1 aliphatic heterocycles. The SMILES string of the molecule is OC[C@@H]1CO[C@](CCCc2nccs2)(c2ccc(Cl)cc2Cl)O1. The van der Waals surface area contributed by atoms with Crippen LogP contribution in [0.5, 0.6) is 0 Å². The largest absolute Gasteiger partial charge is 0.394 e. The molecule has 1 N–H and O–H groups in total. The molecule has 0 radical (unpaired) electrons. The maximum atomic E-state index is 9.37. The molecule has 4 nitrogen and oxygen atoms in total. The summed E-state index contributed by atoms with van der Waals surface area (Å²) in [5, 5.41) is 13.5. The quantitative estimate of drug-likeness (QED) is 0.830. The van der Waals surface area contributed by atoms with Gasteiger partial charge < -0.3 is 14.6 Å². The molecule has 2 heterocycles. The number of aliphatic hydroxyl groups is 1. The van der Waals surface area contributed by atoms with Gasteiger partial charge in [0.05, 0.1) is 23.2 Å². The summed E-state index contributed by atoms with van der Waals surface area (Å²) in [5.41, 5.74) is 0.749. The van der Waals surface area contributed by atoms with Crippen molar-refractivity contribution < 1.29 is 14.6 Å². The van der Waals surface area contributed by atoms with Gasteiger partial charge in [0.15, 0.2) is 5.79 Å². The van der Waals surface area contributed by atoms with Gasteiger partial charge in [-0.25, -0.2) is 4.98 Å². The molecule has 0 amide bonds. The molecular formula is C16H17Cl2NO3S. The number of ether oxygens (including phenoxy) is 2. The number of nitrogens with zero attached hydrogens (tertiary/aromatic N) is 1. The van der Waals surface area contributed by atoms with Crippen molar-refractivity contribution in [3.05, 3.63) is 50.4 Å². The number of aryl methyl sites for hydroxylation is 1. The number of hydrogen-bond donors (Lipinski definition) is 1. The zero-order chi connectivity index (χ0) is 16.3. The van der Waals surface area contributed by atoms with Crippen molar-refractivity contribution in [1.82, 2.24) is 4.98 Å². The molecule has 0 aliphatic carbocycles. The lowest BCUT2D eigenvalue weighted by atomic mass is 9.99. The molecule has 2 aromatic rings. The molecule has 1 aromatic heterocycles. The second-order valence-electron chi connectivity index (χ2n) is 5.39. The zero-order valence-corrected chi connectivity index (χ0v) is 14.7. The Morgan fingerprint density at radius 3 is 2.91 bits per heavy atom. The van der Waals surface area contributed by atoms with Crippen molar-refractivity contribution >= 4 is 34.5 Å². The zero-order valence-electron chi connectivity index (χ0n) is 12.4. The molecule has 1 aromatic carbocycles. The van der Waals surface area contributed by atoms with Crippen LogP contribution >= 0.6 is 34.5 Å². The minimum atomic E-state index is -0.938. The topological polar surface area (TPSA) is 51.6 Å². The number of aliphatic hydroxyl groups excluding tert-OH is 1. The summed E-state index contributed by atoms with van der Waals surface area (Å²) < 4.78 is 12.0. The molecule has 1 fully saturated rings. The van der Waals surface area contributed by atoms with Crippen LogP contribution in [0.25, 0.3) is 0 Å². The van der Waals surface area contributed by atoms with E-state index in [4.69, 9.17) is 32.7 Å². The Hall–Kier alpha value is -0.690. The first-order chi connectivity index (χ1) is 11.1. The smallest absolute Gasteiger partial charge is 0.196 e. The maximum absolute atomic E-state index is 9.37. The highest BCUT2D eigenvalue weighted by Gasteiger charge is 2.43. The molecule has 3 rings (SSSR count). The summed E-state index contributed by atoms with van der Waals surface area (Å²) in [4.78, 5) is 4.29. The second kappa shape index (κ2) is 7.47. The van der Waals surface area contributed by atoms with Crippen LogP contribution in [0, 0.1) is 0 Å². The molecule has 124 valence electrons. The molecule has 0 saturated carbocycles. The van der Waals surface area contributed by atoms with E-state index in [0.29, 0.717) is 23.1 Å². The summed E-state index contributed by atoms with van der Waals surface area (Å²) in [6.07, 6.45) is 3.77. The summed E-state index contributed by atoms with van der Waals surface area (Å²) in [6.45, 7) is 0.256. The molecular weight excluding hydrogens is 357 g/mol. The number of aromatic nitrogens is 1. The van der Waals surface area contributed by atoms with Gasteiger partial charge in [-0.05, 0) is 25.0 Å². The first-order valence-corrected chi connectivity index (χ1v) is 9.03. The molecule has 2 atom stereocenters. The first kappa shape index (κ1) is 17.1. The van der Waals surface area contributed by atoms with Crippen LogP contribution in [0.3, 0.4) is 0 Å². The van der Waals surface area contributed by atoms with Crippen LogP contribution < -0.4 is 0 Å². The molecule has 1 aliphatic rings. The second-order valence-corrected chi connectivity index (χ2v) is 7.21. The Balaban J connectivity index is 1.79. The van der Waals surface area contributed by atoms with Gasteiger partial charge in [0.25, 0.3) is 0 Å². The van der Waals surface area contributed by atoms with E-state index >= 15 is 0 Å². The van der Waals surface area contributed by atoms with Gasteiger partial charge in [0.2, 0.25) is 0 Å². The summed E-state index contributed by atoms with van der Waals surface area (Å²) in [5.74, 6) is -0.938. The fourth-order valence-corrected chi connectivity index (χ4v) is 3.92. The van der Waals surface area contributed by atoms with E-state index in [0.717, 1.165) is 23.4 Å². The van der Waals surface area contributed by atoms with Crippen LogP contribution in [0.1, 0.15) is 23.4 Å². The number of rotatable bonds is 6. The normalized spacial score (nSPS) is 24.2. The van der Waals surface area contributed by atoms with Crippen molar-refractivity contribution in [2.45, 2.75) is 31.2 Å². The Kier molecular flexibility index (Phi) is 5.57. The third-order valence-electron chi connectivity index (χ3n) is 3.78. The third kappa shape index (κ3) is 3.87. The number of halogens is 2. The van der Waals surface area contributed by atoms with Crippen molar-refractivity contribution in [3.63, 3.8) is 0 Å². The Labute approximate surface area is 149 Å². The van der Waals surface area contributed by atoms with Crippen LogP contribution in [0.4, 0.5) is 0 Å². The molecule has 0 bridgehead atoms. The fraction of sp³-hybridized carbons (Fsp3) is 0.438. The average molecular weight is 374 g/mol. The van der Waals surface area contributed by atoms with Crippen LogP contribution in [0.2, 0.25) is 10.0 Å². The Morgan fingerprint density at radius 2 is 2.26 bits per heavy atom. The Morgan fingerprint density at radius 1 is 1.39 bits per heavy atom. The van der Waals surface area contributed by atoms with E-state index < -0.39 is 5.79 Å². The van der Waals surface area contributed by atoms with Gasteiger partial charge in [-0.2, -0.15) is 0 Å². The molecule has 1 saturated heterocycles. The van der Waals surface area contributed by atoms with Gasteiger partial charge in [0.1, 0.15) is 6.10 Å². The predicted molar refractivity (Wildman–Crippen MR) is 91.1 cm³/mol. The number of benzene rings is 1. The van der Waals surface area contributed by atoms with E-state index in [1.165, 1.54) is 0 Å². The van der Waals surface area contributed by atoms with Gasteiger partial charge in [-0.3, -0.25) is 0 Å². The van der Waals surface area contributed by atoms with Gasteiger partial charge in [-0.1, -0.05) is 29.3 Å². The van der Waals surface area contributed by atoms with Crippen molar-refractivity contribution in [1.29, 1.82) is 0 Å². The van der Waals surface area contributed by atoms with E-state index in [2.05, 4.69) is 4.98 Å². The summed E-state index contributed by atoms with van der Waals surface area (Å²) in [7, 11) is 0. The van der Waals surface area contributed by atoms with Crippen molar-refractivity contribution in [3.8, 4) is 0 Å². The van der Waals surface area contributed by atoms with E-state index in [-0.39, 0.29) is 12.7 Å². The van der Waals surface area contributed by atoms with E-state index in [1.54, 1.807) is 29.7 Å². The summed E-state index contributed by atoms with van der Waals surface area (Å²) >= 11 is 14.0. The lowest BCUT2D eigenvalue weighted by Gasteiger charge is -2.29. The lowest BCUT2D eigenvalue weighted by molar-refractivity contribution is -0.185. The third-order valence-corrected chi connectivity index (χ3v) is 5.17. The fourth-order valence-electron chi connectivity index (χ4n) is 2.71. The summed E-state index contributed by atoms with van der Waals surface area (Å²) in [6, 6.07) is 5.28. The van der Waals surface area contributed by atoms with Crippen molar-refractivity contribution in [2.24, 2.45) is 0 Å². The van der Waals surface area contributed by atoms with Gasteiger partial charge >= 0.3 is 0 Å². The number of hydrogen-bond acceptors (Lipinski definition) is 5. The highest BCUT2D eigenvalue weighted by Crippen LogP contribution is 2.42. The lowest BCUT2D eigenvalue weighted by Crippen LogP contribution is -2.29. The standard InChI is InChI=1S/C16H17Cl2NO3S/c17-11-3-4-13(14(18)8-11)16(21-10-12(9-20)22-16)5-1-2-15-19-6-7-23-15/h3-4,6-8,12,20H,1-2,5,9-10H2/t12-,16+/m1/s1. The minimum absolute atomic E-state index is 0.0839. The average Bonchev–Trinajstić information content (AvgIpc) is 3.17. The molecule has 23 heavy (non-hydrogen) atoms. The van der Waals surface area contributed by atoms with Crippen LogP contribution in [0.15, 0.2) is 29.8 Å². The molecule has 0 unspecified atom stereocenters. The monoisotopic (exact) mass is 373 g/mol. The van der Waals surface area contributed by atoms with E-state index in [1.807, 2.05) is 11.4 Å². The molecule has 7 heteroatoms. The highest BCUT2D eigenvalue weighted by atomic mass is 35.5. The first-order valence-electron chi connectivity index (χ1n) is 7.39. The van der Waals surface area contributed by atoms with Crippen LogP contribution in [-0.4, -0.2) is 29.4 Å². The van der Waals surface area contributed by atoms with Crippen LogP contribution in [-0.2, 0) is 21.7 Å². The van der Waals surface area contributed by atoms with Gasteiger partial charge in [0, 0.05) is 28.6 Å². The predicted octanol–water partition coefficient (Wildman–Crippen LogP) is 4.03. The van der Waals surface area contributed by atoms with Crippen molar-refractivity contribution in [2.75, 3.05) is 13.2 Å². The van der Waals surface area contributed by atoms with E-state index in [9.17, 15) is 5.11 Å². The minimum Gasteiger partial charge on any atom is -0.394 e. The Bertz CT molecular complexity index is 653.